The number of aliphatic hydroxyl groups excluding tert-OH is 2. The second kappa shape index (κ2) is 27.3. The Hall–Kier alpha value is -5.23. The van der Waals surface area contributed by atoms with E-state index in [9.17, 15) is 10.2 Å². The van der Waals surface area contributed by atoms with E-state index in [-0.39, 0.29) is 50.5 Å². The fourth-order valence-corrected chi connectivity index (χ4v) is 11.5. The maximum absolute atomic E-state index is 15.4. The third-order valence-electron chi connectivity index (χ3n) is 15.0. The number of amides is 1. The van der Waals surface area contributed by atoms with E-state index < -0.39 is 29.4 Å². The van der Waals surface area contributed by atoms with Gasteiger partial charge in [-0.15, -0.1) is 6.58 Å². The van der Waals surface area contributed by atoms with E-state index in [4.69, 9.17) is 33.9 Å². The number of carbonyl (C=O) groups is 1. The smallest absolute Gasteiger partial charge is 0.410 e. The highest BCUT2D eigenvalue weighted by molar-refractivity contribution is 6.03. The molecule has 6 atom stereocenters. The van der Waals surface area contributed by atoms with E-state index in [0.29, 0.717) is 37.6 Å². The molecule has 2 aliphatic carbocycles. The monoisotopic (exact) mass is 1000 g/mol. The molecule has 0 bridgehead atoms. The second-order valence-electron chi connectivity index (χ2n) is 21.6. The Labute approximate surface area is 436 Å². The summed E-state index contributed by atoms with van der Waals surface area (Å²) in [6, 6.07) is 25.8. The largest absolute Gasteiger partial charge is 0.487 e. The van der Waals surface area contributed by atoms with Gasteiger partial charge < -0.3 is 34.0 Å². The van der Waals surface area contributed by atoms with E-state index in [2.05, 4.69) is 49.9 Å². The average molecular weight is 1000 g/mol. The fraction of sp³-hybridized carbons (Fsp3) is 0.565. The Kier molecular flexibility index (Phi) is 20.8. The lowest BCUT2D eigenvalue weighted by molar-refractivity contribution is -0.256. The number of hydrogen-bond acceptors (Lipinski definition) is 10. The number of benzene rings is 3. The number of unbranched alkanes of at least 4 members (excludes halogenated alkanes) is 11. The Morgan fingerprint density at radius 2 is 1.59 bits per heavy atom. The first-order valence-electron chi connectivity index (χ1n) is 27.7. The highest BCUT2D eigenvalue weighted by atomic mass is 16.7. The van der Waals surface area contributed by atoms with Crippen LogP contribution in [0.2, 0.25) is 0 Å². The van der Waals surface area contributed by atoms with Crippen LogP contribution in [0.5, 0.6) is 11.5 Å². The Morgan fingerprint density at radius 1 is 0.877 bits per heavy atom. The third-order valence-corrected chi connectivity index (χ3v) is 15.0. The number of hydrogen-bond donors (Lipinski definition) is 2. The number of carbonyl (C=O) groups excluding carboxylic acids is 1. The fourth-order valence-electron chi connectivity index (χ4n) is 11.5. The molecule has 3 aromatic carbocycles. The Bertz CT molecular complexity index is 2440. The van der Waals surface area contributed by atoms with Gasteiger partial charge in [0.1, 0.15) is 29.7 Å². The van der Waals surface area contributed by atoms with Crippen LogP contribution in [0.4, 0.5) is 4.79 Å². The highest BCUT2D eigenvalue weighted by Gasteiger charge is 2.66. The van der Waals surface area contributed by atoms with Crippen molar-refractivity contribution in [3.8, 4) is 11.5 Å². The molecule has 1 saturated carbocycles. The van der Waals surface area contributed by atoms with Crippen molar-refractivity contribution < 1.29 is 38.8 Å². The predicted octanol–water partition coefficient (Wildman–Crippen LogP) is 14.1. The van der Waals surface area contributed by atoms with E-state index in [0.717, 1.165) is 89.5 Å². The van der Waals surface area contributed by atoms with Gasteiger partial charge in [-0.2, -0.15) is 0 Å². The molecule has 0 spiro atoms. The number of rotatable bonds is 29. The van der Waals surface area contributed by atoms with E-state index >= 15 is 4.79 Å². The van der Waals surface area contributed by atoms with Crippen molar-refractivity contribution in [2.24, 2.45) is 22.9 Å². The molecule has 0 radical (unpaired) electrons. The zero-order valence-electron chi connectivity index (χ0n) is 44.7. The first kappa shape index (κ1) is 55.5. The van der Waals surface area contributed by atoms with Crippen LogP contribution in [0.15, 0.2) is 108 Å². The zero-order valence-corrected chi connectivity index (χ0v) is 44.7. The van der Waals surface area contributed by atoms with Crippen LogP contribution >= 0.6 is 0 Å². The van der Waals surface area contributed by atoms with Crippen LogP contribution < -0.4 is 9.47 Å². The first-order valence-corrected chi connectivity index (χ1v) is 27.7. The summed E-state index contributed by atoms with van der Waals surface area (Å²) in [6.45, 7) is 15.5. The van der Waals surface area contributed by atoms with Crippen molar-refractivity contribution in [1.82, 2.24) is 9.88 Å². The molecule has 73 heavy (non-hydrogen) atoms. The number of aliphatic hydroxyl groups is 2. The summed E-state index contributed by atoms with van der Waals surface area (Å²) < 4.78 is 27.8. The van der Waals surface area contributed by atoms with E-state index in [1.54, 1.807) is 6.08 Å². The summed E-state index contributed by atoms with van der Waals surface area (Å²) in [4.78, 5) is 28.3. The third kappa shape index (κ3) is 14.5. The SMILES string of the molecule is C=CCO[C@@]12Oc3ccc(OCc4cccc(C)n4)cc3[C@H]3[C@H](CCCCO)[C@@H](CCCCO)C=C(C(=NOC(C)(C)C)C[C@@H]1N(Cc1cccc4ccccc14)C(=O)OCCCCCCCCCCCC)[C@H]32. The molecular weight excluding hydrogens is 915 g/mol. The van der Waals surface area contributed by atoms with Crippen molar-refractivity contribution >= 4 is 22.6 Å². The van der Waals surface area contributed by atoms with Crippen molar-refractivity contribution in [3.05, 3.63) is 126 Å². The van der Waals surface area contributed by atoms with Crippen molar-refractivity contribution in [2.75, 3.05) is 26.4 Å². The quantitative estimate of drug-likeness (QED) is 0.0310. The lowest BCUT2D eigenvalue weighted by Gasteiger charge is -2.60. The number of ether oxygens (including phenoxy) is 4. The molecule has 0 unspecified atom stereocenters. The summed E-state index contributed by atoms with van der Waals surface area (Å²) >= 11 is 0. The van der Waals surface area contributed by atoms with Crippen LogP contribution in [-0.4, -0.2) is 75.8 Å². The topological polar surface area (TPSA) is 132 Å². The number of fused-ring (bicyclic) bond motifs is 3. The minimum absolute atomic E-state index is 0.0559. The number of aryl methyl sites for hydroxylation is 1. The van der Waals surface area contributed by atoms with Crippen LogP contribution in [0, 0.1) is 24.7 Å². The van der Waals surface area contributed by atoms with Gasteiger partial charge in [0.05, 0.1) is 37.1 Å². The molecule has 1 amide bonds. The van der Waals surface area contributed by atoms with E-state index in [1.165, 1.54) is 44.9 Å². The summed E-state index contributed by atoms with van der Waals surface area (Å²) in [7, 11) is 0. The minimum Gasteiger partial charge on any atom is -0.487 e. The first-order chi connectivity index (χ1) is 35.5. The molecule has 1 aromatic heterocycles. The maximum atomic E-state index is 15.4. The van der Waals surface area contributed by atoms with Crippen LogP contribution in [0.25, 0.3) is 10.8 Å². The summed E-state index contributed by atoms with van der Waals surface area (Å²) in [5.74, 6) is -0.644. The molecule has 396 valence electrons. The second-order valence-corrected chi connectivity index (χ2v) is 21.6. The van der Waals surface area contributed by atoms with Crippen LogP contribution in [-0.2, 0) is 27.5 Å². The Balaban J connectivity index is 1.36. The number of nitrogens with zero attached hydrogens (tertiary/aromatic N) is 3. The van der Waals surface area contributed by atoms with Gasteiger partial charge in [-0.1, -0.05) is 143 Å². The molecule has 0 saturated heterocycles. The standard InChI is InChI=1S/C62H85N3O8/c1-7-9-10-11-12-13-14-15-16-23-39-69-60(68)65(43-48-30-25-29-46-27-17-18-32-51(46)48)57-42-55(64-73-61(4,5)6)53-40-47(28-19-21-36-66)52(33-20-22-37-67)58-54-41-50(70-44-49-31-24-26-45(3)63-49)34-35-56(54)72-62(57,59(53)58)71-38-8-2/h8,17-18,24-27,29-32,34-35,40-41,47,52,57-59,66-67H,2,7,9-16,19-23,28,33,36-39,42-44H2,1,3-6H3/t47-,52+,57-,58+,59+,62+/m0/s1. The normalized spacial score (nSPS) is 21.7. The highest BCUT2D eigenvalue weighted by Crippen LogP contribution is 2.62. The number of allylic oxidation sites excluding steroid dienone is 1. The molecule has 2 N–H and O–H groups in total. The van der Waals surface area contributed by atoms with Gasteiger partial charge in [-0.05, 0) is 124 Å². The number of pyridine rings is 1. The predicted molar refractivity (Wildman–Crippen MR) is 292 cm³/mol. The molecule has 4 aromatic rings. The van der Waals surface area contributed by atoms with Gasteiger partial charge in [0.25, 0.3) is 0 Å². The Morgan fingerprint density at radius 3 is 2.32 bits per heavy atom. The van der Waals surface area contributed by atoms with Crippen LogP contribution in [0.1, 0.15) is 165 Å². The van der Waals surface area contributed by atoms with Gasteiger partial charge >= 0.3 is 6.09 Å². The van der Waals surface area contributed by atoms with Crippen molar-refractivity contribution in [1.29, 1.82) is 0 Å². The number of oxime groups is 1. The zero-order chi connectivity index (χ0) is 51.6. The van der Waals surface area contributed by atoms with Gasteiger partial charge in [-0.25, -0.2) is 4.79 Å². The number of aromatic nitrogens is 1. The van der Waals surface area contributed by atoms with Crippen molar-refractivity contribution in [2.45, 2.75) is 180 Å². The summed E-state index contributed by atoms with van der Waals surface area (Å²) in [5, 5.41) is 27.4. The molecule has 1 aliphatic heterocycles. The van der Waals surface area contributed by atoms with Gasteiger partial charge in [0, 0.05) is 36.8 Å². The summed E-state index contributed by atoms with van der Waals surface area (Å²) in [6.07, 6.45) is 20.4. The van der Waals surface area contributed by atoms with Crippen molar-refractivity contribution in [3.63, 3.8) is 0 Å². The molecular formula is C62H85N3O8. The average Bonchev–Trinajstić information content (AvgIpc) is 3.38. The lowest BCUT2D eigenvalue weighted by atomic mass is 9.55. The lowest BCUT2D eigenvalue weighted by Crippen LogP contribution is -2.70. The molecule has 2 heterocycles. The van der Waals surface area contributed by atoms with Crippen LogP contribution in [0.3, 0.4) is 0 Å². The minimum atomic E-state index is -1.45. The maximum Gasteiger partial charge on any atom is 0.410 e. The molecule has 7 rings (SSSR count). The molecule has 11 nitrogen and oxygen atoms in total. The molecule has 3 aliphatic rings. The molecule has 11 heteroatoms. The summed E-state index contributed by atoms with van der Waals surface area (Å²) in [5.41, 5.74) is 4.84. The molecule has 1 fully saturated rings. The van der Waals surface area contributed by atoms with Gasteiger partial charge in [0.15, 0.2) is 0 Å². The van der Waals surface area contributed by atoms with Gasteiger partial charge in [-0.3, -0.25) is 9.88 Å². The van der Waals surface area contributed by atoms with Gasteiger partial charge in [0.2, 0.25) is 5.79 Å². The van der Waals surface area contributed by atoms with E-state index in [1.807, 2.05) is 81.1 Å².